The fourth-order valence-electron chi connectivity index (χ4n) is 4.88. The molecule has 9 nitrogen and oxygen atoms in total. The Labute approximate surface area is 231 Å². The van der Waals surface area contributed by atoms with E-state index in [2.05, 4.69) is 27.2 Å². The van der Waals surface area contributed by atoms with Crippen molar-refractivity contribution in [2.24, 2.45) is 0 Å². The largest absolute Gasteiger partial charge is 0.354 e. The Morgan fingerprint density at radius 1 is 0.950 bits per heavy atom. The fourth-order valence-corrected chi connectivity index (χ4v) is 6.35. The monoisotopic (exact) mass is 558 g/mol. The number of halogens is 1. The summed E-state index contributed by atoms with van der Waals surface area (Å²) >= 11 is 0. The van der Waals surface area contributed by atoms with Crippen LogP contribution in [0.2, 0.25) is 0 Å². The van der Waals surface area contributed by atoms with Crippen molar-refractivity contribution in [3.63, 3.8) is 0 Å². The highest BCUT2D eigenvalue weighted by atomic mass is 32.2. The van der Waals surface area contributed by atoms with Gasteiger partial charge in [-0.1, -0.05) is 35.0 Å². The van der Waals surface area contributed by atoms with Gasteiger partial charge in [-0.2, -0.15) is 9.29 Å². The molecule has 1 aliphatic heterocycles. The standard InChI is InChI=1S/C29H27FN6O3S/c1-20-5-7-21(8-6-20)18-25-32-28(26-27(34-39-29(26)33-25)22-4-2-13-31-19-22)35-14-3-15-36(17-16-35)40(37,38)24-11-9-23(30)10-12-24/h2,4-13,19H,3,14-18H2,1H3. The molecular weight excluding hydrogens is 531 g/mol. The van der Waals surface area contributed by atoms with E-state index in [4.69, 9.17) is 14.5 Å². The molecule has 0 N–H and O–H groups in total. The average molecular weight is 559 g/mol. The molecule has 0 spiro atoms. The van der Waals surface area contributed by atoms with Crippen molar-refractivity contribution in [2.75, 3.05) is 31.1 Å². The lowest BCUT2D eigenvalue weighted by molar-refractivity contribution is 0.433. The number of nitrogens with zero attached hydrogens (tertiary/aromatic N) is 6. The predicted octanol–water partition coefficient (Wildman–Crippen LogP) is 4.62. The molecular formula is C29H27FN6O3S. The summed E-state index contributed by atoms with van der Waals surface area (Å²) in [5, 5.41) is 4.99. The number of aromatic nitrogens is 4. The van der Waals surface area contributed by atoms with E-state index in [1.54, 1.807) is 12.4 Å². The quantitative estimate of drug-likeness (QED) is 0.297. The lowest BCUT2D eigenvalue weighted by atomic mass is 10.1. The minimum absolute atomic E-state index is 0.0741. The van der Waals surface area contributed by atoms with Gasteiger partial charge in [0, 0.05) is 50.6 Å². The van der Waals surface area contributed by atoms with Gasteiger partial charge >= 0.3 is 0 Å². The third-order valence-electron chi connectivity index (χ3n) is 6.99. The molecule has 1 fully saturated rings. The molecule has 5 aromatic rings. The van der Waals surface area contributed by atoms with Crippen molar-refractivity contribution < 1.29 is 17.3 Å². The van der Waals surface area contributed by atoms with Crippen LogP contribution in [0.4, 0.5) is 10.2 Å². The Kier molecular flexibility index (Phi) is 6.99. The highest BCUT2D eigenvalue weighted by Crippen LogP contribution is 2.34. The summed E-state index contributed by atoms with van der Waals surface area (Å²) in [6.45, 7) is 3.58. The van der Waals surface area contributed by atoms with Crippen LogP contribution in [0.1, 0.15) is 23.4 Å². The molecule has 0 radical (unpaired) electrons. The molecule has 204 valence electrons. The highest BCUT2D eigenvalue weighted by molar-refractivity contribution is 7.89. The van der Waals surface area contributed by atoms with Gasteiger partial charge in [0.15, 0.2) is 0 Å². The normalized spacial score (nSPS) is 14.9. The highest BCUT2D eigenvalue weighted by Gasteiger charge is 2.29. The first-order chi connectivity index (χ1) is 19.4. The van der Waals surface area contributed by atoms with Gasteiger partial charge in [-0.15, -0.1) is 0 Å². The zero-order chi connectivity index (χ0) is 27.7. The maximum absolute atomic E-state index is 13.4. The maximum atomic E-state index is 13.4. The number of benzene rings is 2. The van der Waals surface area contributed by atoms with Gasteiger partial charge in [0.25, 0.3) is 5.71 Å². The number of anilines is 1. The van der Waals surface area contributed by atoms with Gasteiger partial charge in [-0.3, -0.25) is 4.98 Å². The van der Waals surface area contributed by atoms with Crippen LogP contribution in [0, 0.1) is 12.7 Å². The van der Waals surface area contributed by atoms with E-state index in [1.165, 1.54) is 22.0 Å². The molecule has 0 atom stereocenters. The molecule has 4 heterocycles. The van der Waals surface area contributed by atoms with Crippen molar-refractivity contribution in [1.29, 1.82) is 0 Å². The van der Waals surface area contributed by atoms with Crippen LogP contribution in [0.3, 0.4) is 0 Å². The Morgan fingerprint density at radius 2 is 1.75 bits per heavy atom. The van der Waals surface area contributed by atoms with Crippen molar-refractivity contribution in [1.82, 2.24) is 24.4 Å². The second kappa shape index (κ2) is 10.7. The summed E-state index contributed by atoms with van der Waals surface area (Å²) in [7, 11) is -3.77. The second-order valence-electron chi connectivity index (χ2n) is 9.78. The first kappa shape index (κ1) is 26.0. The molecule has 1 saturated heterocycles. The lowest BCUT2D eigenvalue weighted by Gasteiger charge is -2.23. The predicted molar refractivity (Wildman–Crippen MR) is 149 cm³/mol. The lowest BCUT2D eigenvalue weighted by Crippen LogP contribution is -2.35. The zero-order valence-corrected chi connectivity index (χ0v) is 22.7. The summed E-state index contributed by atoms with van der Waals surface area (Å²) in [5.74, 6) is 0.752. The topological polar surface area (TPSA) is 105 Å². The average Bonchev–Trinajstić information content (AvgIpc) is 3.22. The number of hydrogen-bond donors (Lipinski definition) is 0. The van der Waals surface area contributed by atoms with Gasteiger partial charge in [0.05, 0.1) is 4.90 Å². The minimum atomic E-state index is -3.77. The molecule has 0 saturated carbocycles. The molecule has 40 heavy (non-hydrogen) atoms. The Morgan fingerprint density at radius 3 is 2.50 bits per heavy atom. The molecule has 0 aliphatic carbocycles. The molecule has 3 aromatic heterocycles. The number of pyridine rings is 1. The minimum Gasteiger partial charge on any atom is -0.354 e. The molecule has 0 unspecified atom stereocenters. The SMILES string of the molecule is Cc1ccc(Cc2nc(N3CCCN(S(=O)(=O)c4ccc(F)cc4)CC3)c3c(-c4cccnc4)noc3n2)cc1. The van der Waals surface area contributed by atoms with Crippen molar-refractivity contribution in [3.8, 4) is 11.3 Å². The van der Waals surface area contributed by atoms with E-state index in [9.17, 15) is 12.8 Å². The Hall–Kier alpha value is -4.22. The van der Waals surface area contributed by atoms with Crippen LogP contribution >= 0.6 is 0 Å². The van der Waals surface area contributed by atoms with E-state index in [0.717, 1.165) is 23.3 Å². The number of fused-ring (bicyclic) bond motifs is 1. The van der Waals surface area contributed by atoms with Crippen LogP contribution in [0.5, 0.6) is 0 Å². The molecule has 2 aromatic carbocycles. The van der Waals surface area contributed by atoms with Crippen LogP contribution in [-0.4, -0.2) is 59.0 Å². The van der Waals surface area contributed by atoms with Crippen molar-refractivity contribution >= 4 is 26.9 Å². The smallest absolute Gasteiger partial charge is 0.263 e. The van der Waals surface area contributed by atoms with Gasteiger partial charge < -0.3 is 9.42 Å². The summed E-state index contributed by atoms with van der Waals surface area (Å²) in [4.78, 5) is 16.0. The first-order valence-electron chi connectivity index (χ1n) is 13.0. The summed E-state index contributed by atoms with van der Waals surface area (Å²) < 4.78 is 47.2. The fraction of sp³-hybridized carbons (Fsp3) is 0.241. The third-order valence-corrected chi connectivity index (χ3v) is 8.90. The van der Waals surface area contributed by atoms with Crippen LogP contribution in [0.25, 0.3) is 22.4 Å². The third kappa shape index (κ3) is 5.17. The van der Waals surface area contributed by atoms with Crippen molar-refractivity contribution in [3.05, 3.63) is 95.8 Å². The Bertz CT molecular complexity index is 1740. The second-order valence-corrected chi connectivity index (χ2v) is 11.7. The molecule has 11 heteroatoms. The summed E-state index contributed by atoms with van der Waals surface area (Å²) in [6.07, 6.45) is 4.48. The molecule has 0 amide bonds. The number of aryl methyl sites for hydroxylation is 1. The molecule has 0 bridgehead atoms. The van der Waals surface area contributed by atoms with Crippen LogP contribution in [-0.2, 0) is 16.4 Å². The van der Waals surface area contributed by atoms with Gasteiger partial charge in [-0.25, -0.2) is 17.8 Å². The van der Waals surface area contributed by atoms with E-state index < -0.39 is 15.8 Å². The molecule has 6 rings (SSSR count). The Balaban J connectivity index is 1.37. The summed E-state index contributed by atoms with van der Waals surface area (Å²) in [5.41, 5.74) is 3.95. The van der Waals surface area contributed by atoms with Gasteiger partial charge in [0.1, 0.15) is 28.5 Å². The summed E-state index contributed by atoms with van der Waals surface area (Å²) in [6, 6.07) is 16.9. The zero-order valence-electron chi connectivity index (χ0n) is 21.9. The van der Waals surface area contributed by atoms with Gasteiger partial charge in [-0.05, 0) is 55.3 Å². The number of rotatable bonds is 6. The molecule has 1 aliphatic rings. The van der Waals surface area contributed by atoms with E-state index in [1.807, 2.05) is 31.2 Å². The number of sulfonamides is 1. The maximum Gasteiger partial charge on any atom is 0.263 e. The van der Waals surface area contributed by atoms with Crippen LogP contribution in [0.15, 0.2) is 82.5 Å². The van der Waals surface area contributed by atoms with E-state index in [-0.39, 0.29) is 11.4 Å². The van der Waals surface area contributed by atoms with E-state index in [0.29, 0.717) is 60.9 Å². The van der Waals surface area contributed by atoms with Crippen molar-refractivity contribution in [2.45, 2.75) is 24.7 Å². The first-order valence-corrected chi connectivity index (χ1v) is 14.5. The van der Waals surface area contributed by atoms with Gasteiger partial charge in [0.2, 0.25) is 10.0 Å². The van der Waals surface area contributed by atoms with Crippen LogP contribution < -0.4 is 4.90 Å². The van der Waals surface area contributed by atoms with E-state index >= 15 is 0 Å². The number of hydrogen-bond acceptors (Lipinski definition) is 8.